The van der Waals surface area contributed by atoms with Crippen molar-refractivity contribution >= 4 is 5.78 Å². The third-order valence-electron chi connectivity index (χ3n) is 1.52. The van der Waals surface area contributed by atoms with E-state index < -0.39 is 0 Å². The van der Waals surface area contributed by atoms with Gasteiger partial charge in [0.2, 0.25) is 0 Å². The molecule has 58 valence electrons. The number of aryl methyl sites for hydroxylation is 1. The van der Waals surface area contributed by atoms with Crippen LogP contribution in [0.3, 0.4) is 0 Å². The molecule has 0 radical (unpaired) electrons. The number of nitrogens with two attached hydrogens (primary N) is 1. The summed E-state index contributed by atoms with van der Waals surface area (Å²) in [6.07, 6.45) is 3.20. The number of aromatic nitrogens is 1. The maximum absolute atomic E-state index is 11.1. The topological polar surface area (TPSA) is 56.0 Å². The predicted octanol–water partition coefficient (Wildman–Crippen LogP) is 0.531. The van der Waals surface area contributed by atoms with Crippen molar-refractivity contribution in [2.45, 2.75) is 6.92 Å². The van der Waals surface area contributed by atoms with Gasteiger partial charge in [-0.25, -0.2) is 0 Å². The van der Waals surface area contributed by atoms with Crippen LogP contribution in [0.5, 0.6) is 0 Å². The fourth-order valence-electron chi connectivity index (χ4n) is 0.866. The first kappa shape index (κ1) is 7.88. The van der Waals surface area contributed by atoms with E-state index in [4.69, 9.17) is 5.73 Å². The first-order valence-electron chi connectivity index (χ1n) is 3.39. The molecule has 0 saturated heterocycles. The highest BCUT2D eigenvalue weighted by Crippen LogP contribution is 2.04. The number of ketones is 1. The predicted molar refractivity (Wildman–Crippen MR) is 42.4 cm³/mol. The van der Waals surface area contributed by atoms with Crippen molar-refractivity contribution in [2.75, 3.05) is 6.54 Å². The maximum atomic E-state index is 11.1. The lowest BCUT2D eigenvalue weighted by Gasteiger charge is -1.99. The molecule has 1 aromatic heterocycles. The summed E-state index contributed by atoms with van der Waals surface area (Å²) in [6, 6.07) is 1.79. The second kappa shape index (κ2) is 3.25. The van der Waals surface area contributed by atoms with Gasteiger partial charge in [-0.05, 0) is 18.6 Å². The van der Waals surface area contributed by atoms with E-state index in [1.807, 2.05) is 6.92 Å². The zero-order valence-electron chi connectivity index (χ0n) is 6.37. The van der Waals surface area contributed by atoms with E-state index in [1.54, 1.807) is 18.5 Å². The summed E-state index contributed by atoms with van der Waals surface area (Å²) in [5.41, 5.74) is 6.74. The van der Waals surface area contributed by atoms with Crippen LogP contribution in [-0.2, 0) is 0 Å². The molecule has 0 bridgehead atoms. The molecule has 0 aliphatic rings. The largest absolute Gasteiger partial charge is 0.324 e. The third-order valence-corrected chi connectivity index (χ3v) is 1.52. The van der Waals surface area contributed by atoms with Crippen molar-refractivity contribution in [3.63, 3.8) is 0 Å². The highest BCUT2D eigenvalue weighted by Gasteiger charge is 2.04. The molecule has 2 N–H and O–H groups in total. The lowest BCUT2D eigenvalue weighted by atomic mass is 10.1. The number of hydrogen-bond acceptors (Lipinski definition) is 3. The van der Waals surface area contributed by atoms with Crippen LogP contribution >= 0.6 is 0 Å². The number of rotatable bonds is 2. The molecule has 1 aromatic rings. The van der Waals surface area contributed by atoms with Crippen molar-refractivity contribution in [1.29, 1.82) is 0 Å². The summed E-state index contributed by atoms with van der Waals surface area (Å²) < 4.78 is 0. The lowest BCUT2D eigenvalue weighted by molar-refractivity contribution is 0.100. The van der Waals surface area contributed by atoms with E-state index in [0.29, 0.717) is 5.56 Å². The van der Waals surface area contributed by atoms with E-state index in [0.717, 1.165) is 5.56 Å². The molecular formula is C8H10N2O. The Morgan fingerprint density at radius 2 is 2.45 bits per heavy atom. The Labute approximate surface area is 65.2 Å². The van der Waals surface area contributed by atoms with E-state index in [2.05, 4.69) is 4.98 Å². The minimum absolute atomic E-state index is 0.0481. The van der Waals surface area contributed by atoms with Crippen LogP contribution < -0.4 is 5.73 Å². The van der Waals surface area contributed by atoms with Crippen LogP contribution in [0.25, 0.3) is 0 Å². The molecule has 11 heavy (non-hydrogen) atoms. The van der Waals surface area contributed by atoms with Crippen LogP contribution in [0.1, 0.15) is 15.9 Å². The number of carbonyl (C=O) groups excluding carboxylic acids is 1. The van der Waals surface area contributed by atoms with E-state index in [-0.39, 0.29) is 12.3 Å². The molecule has 0 saturated carbocycles. The standard InChI is InChI=1S/C8H10N2O/c1-6-2-3-10-5-7(6)8(11)4-9/h2-3,5H,4,9H2,1H3. The van der Waals surface area contributed by atoms with Gasteiger partial charge in [-0.2, -0.15) is 0 Å². The minimum atomic E-state index is -0.0596. The monoisotopic (exact) mass is 150 g/mol. The quantitative estimate of drug-likeness (QED) is 0.626. The Hall–Kier alpha value is -1.22. The van der Waals surface area contributed by atoms with Crippen molar-refractivity contribution in [3.8, 4) is 0 Å². The fraction of sp³-hybridized carbons (Fsp3) is 0.250. The second-order valence-electron chi connectivity index (χ2n) is 2.32. The molecule has 3 nitrogen and oxygen atoms in total. The smallest absolute Gasteiger partial charge is 0.178 e. The second-order valence-corrected chi connectivity index (χ2v) is 2.32. The Morgan fingerprint density at radius 1 is 1.73 bits per heavy atom. The van der Waals surface area contributed by atoms with Crippen LogP contribution in [-0.4, -0.2) is 17.3 Å². The van der Waals surface area contributed by atoms with Gasteiger partial charge in [0.1, 0.15) is 0 Å². The first-order chi connectivity index (χ1) is 5.25. The number of nitrogens with zero attached hydrogens (tertiary/aromatic N) is 1. The lowest BCUT2D eigenvalue weighted by Crippen LogP contribution is -2.14. The molecule has 0 amide bonds. The zero-order valence-corrected chi connectivity index (χ0v) is 6.37. The molecule has 0 aromatic carbocycles. The fourth-order valence-corrected chi connectivity index (χ4v) is 0.866. The summed E-state index contributed by atoms with van der Waals surface area (Å²) in [4.78, 5) is 14.9. The summed E-state index contributed by atoms with van der Waals surface area (Å²) in [7, 11) is 0. The molecule has 1 rings (SSSR count). The molecule has 0 aliphatic heterocycles. The number of carbonyl (C=O) groups is 1. The molecular weight excluding hydrogens is 140 g/mol. The van der Waals surface area contributed by atoms with Crippen LogP contribution in [0.2, 0.25) is 0 Å². The molecule has 0 fully saturated rings. The SMILES string of the molecule is Cc1ccncc1C(=O)CN. The molecule has 1 heterocycles. The average molecular weight is 150 g/mol. The van der Waals surface area contributed by atoms with Gasteiger partial charge in [-0.15, -0.1) is 0 Å². The number of hydrogen-bond donors (Lipinski definition) is 1. The highest BCUT2D eigenvalue weighted by atomic mass is 16.1. The first-order valence-corrected chi connectivity index (χ1v) is 3.39. The Morgan fingerprint density at radius 3 is 3.00 bits per heavy atom. The Bertz CT molecular complexity index is 271. The van der Waals surface area contributed by atoms with Gasteiger partial charge >= 0.3 is 0 Å². The van der Waals surface area contributed by atoms with E-state index >= 15 is 0 Å². The van der Waals surface area contributed by atoms with Crippen LogP contribution in [0.4, 0.5) is 0 Å². The van der Waals surface area contributed by atoms with Gasteiger partial charge in [0.05, 0.1) is 6.54 Å². The van der Waals surface area contributed by atoms with Gasteiger partial charge < -0.3 is 5.73 Å². The Balaban J connectivity index is 3.03. The summed E-state index contributed by atoms with van der Waals surface area (Å²) in [5.74, 6) is -0.0596. The van der Waals surface area contributed by atoms with Gasteiger partial charge in [0, 0.05) is 18.0 Å². The number of pyridine rings is 1. The van der Waals surface area contributed by atoms with Crippen LogP contribution in [0.15, 0.2) is 18.5 Å². The molecule has 0 atom stereocenters. The van der Waals surface area contributed by atoms with Gasteiger partial charge in [0.25, 0.3) is 0 Å². The highest BCUT2D eigenvalue weighted by molar-refractivity contribution is 5.98. The minimum Gasteiger partial charge on any atom is -0.324 e. The van der Waals surface area contributed by atoms with Crippen molar-refractivity contribution in [2.24, 2.45) is 5.73 Å². The third kappa shape index (κ3) is 1.62. The van der Waals surface area contributed by atoms with Crippen molar-refractivity contribution < 1.29 is 4.79 Å². The van der Waals surface area contributed by atoms with Crippen molar-refractivity contribution in [1.82, 2.24) is 4.98 Å². The number of Topliss-reactive ketones (excluding diaryl/α,β-unsaturated/α-hetero) is 1. The van der Waals surface area contributed by atoms with Crippen molar-refractivity contribution in [3.05, 3.63) is 29.6 Å². The summed E-state index contributed by atoms with van der Waals surface area (Å²) in [6.45, 7) is 1.91. The average Bonchev–Trinajstić information content (AvgIpc) is 2.04. The Kier molecular flexibility index (Phi) is 2.33. The van der Waals surface area contributed by atoms with Gasteiger partial charge in [-0.3, -0.25) is 9.78 Å². The van der Waals surface area contributed by atoms with Gasteiger partial charge in [0.15, 0.2) is 5.78 Å². The van der Waals surface area contributed by atoms with E-state index in [9.17, 15) is 4.79 Å². The van der Waals surface area contributed by atoms with E-state index in [1.165, 1.54) is 0 Å². The molecule has 0 unspecified atom stereocenters. The normalized spacial score (nSPS) is 9.64. The summed E-state index contributed by atoms with van der Waals surface area (Å²) >= 11 is 0. The maximum Gasteiger partial charge on any atom is 0.178 e. The molecule has 0 aliphatic carbocycles. The molecule has 0 spiro atoms. The molecule has 3 heteroatoms. The zero-order chi connectivity index (χ0) is 8.27. The van der Waals surface area contributed by atoms with Crippen LogP contribution in [0, 0.1) is 6.92 Å². The summed E-state index contributed by atoms with van der Waals surface area (Å²) in [5, 5.41) is 0. The van der Waals surface area contributed by atoms with Gasteiger partial charge in [-0.1, -0.05) is 0 Å².